The molecular weight excluding hydrogens is 292 g/mol. The van der Waals surface area contributed by atoms with Crippen molar-refractivity contribution in [1.29, 1.82) is 0 Å². The fourth-order valence-corrected chi connectivity index (χ4v) is 3.65. The van der Waals surface area contributed by atoms with Crippen LogP contribution in [-0.4, -0.2) is 47.0 Å². The zero-order chi connectivity index (χ0) is 15.6. The number of carbonyl (C=O) groups excluding carboxylic acids is 1. The van der Waals surface area contributed by atoms with Gasteiger partial charge in [-0.05, 0) is 31.4 Å². The third kappa shape index (κ3) is 2.90. The molecule has 1 aliphatic carbocycles. The van der Waals surface area contributed by atoms with E-state index >= 15 is 0 Å². The van der Waals surface area contributed by atoms with Gasteiger partial charge in [0.25, 0.3) is 6.01 Å². The van der Waals surface area contributed by atoms with Gasteiger partial charge < -0.3 is 14.2 Å². The maximum Gasteiger partial charge on any atom is 0.300 e. The molecule has 122 valence electrons. The summed E-state index contributed by atoms with van der Waals surface area (Å²) in [6.45, 7) is 3.22. The van der Waals surface area contributed by atoms with Crippen LogP contribution in [0.2, 0.25) is 0 Å². The molecule has 6 heteroatoms. The summed E-state index contributed by atoms with van der Waals surface area (Å²) in [4.78, 5) is 25.5. The fraction of sp³-hybridized carbons (Fsp3) is 0.588. The van der Waals surface area contributed by atoms with Gasteiger partial charge in [-0.15, -0.1) is 0 Å². The number of hydrogen-bond acceptors (Lipinski definition) is 5. The highest BCUT2D eigenvalue weighted by molar-refractivity contribution is 5.79. The molecular formula is C17H22N4O2. The summed E-state index contributed by atoms with van der Waals surface area (Å²) < 4.78 is 5.81. The van der Waals surface area contributed by atoms with Crippen molar-refractivity contribution in [3.63, 3.8) is 0 Å². The minimum atomic E-state index is 0.259. The monoisotopic (exact) mass is 314 g/mol. The van der Waals surface area contributed by atoms with Crippen molar-refractivity contribution in [3.05, 3.63) is 18.3 Å². The average Bonchev–Trinajstić information content (AvgIpc) is 3.19. The minimum absolute atomic E-state index is 0.259. The average molecular weight is 314 g/mol. The van der Waals surface area contributed by atoms with E-state index in [4.69, 9.17) is 4.42 Å². The molecule has 4 rings (SSSR count). The van der Waals surface area contributed by atoms with Gasteiger partial charge in [0.2, 0.25) is 11.6 Å². The van der Waals surface area contributed by atoms with Gasteiger partial charge in [0.1, 0.15) is 0 Å². The molecule has 6 nitrogen and oxygen atoms in total. The number of amides is 1. The van der Waals surface area contributed by atoms with Gasteiger partial charge in [-0.25, -0.2) is 4.98 Å². The largest absolute Gasteiger partial charge is 0.422 e. The Bertz CT molecular complexity index is 660. The normalized spacial score (nSPS) is 20.2. The van der Waals surface area contributed by atoms with Crippen LogP contribution in [0, 0.1) is 5.92 Å². The summed E-state index contributed by atoms with van der Waals surface area (Å²) in [5, 5.41) is 0. The number of pyridine rings is 1. The quantitative estimate of drug-likeness (QED) is 0.852. The molecule has 1 aliphatic heterocycles. The molecule has 3 heterocycles. The maximum atomic E-state index is 12.6. The van der Waals surface area contributed by atoms with Crippen molar-refractivity contribution in [2.75, 3.05) is 31.1 Å². The molecule has 0 atom stereocenters. The highest BCUT2D eigenvalue weighted by Crippen LogP contribution is 2.27. The van der Waals surface area contributed by atoms with E-state index in [1.165, 1.54) is 12.8 Å². The van der Waals surface area contributed by atoms with Gasteiger partial charge in [0.15, 0.2) is 5.58 Å². The van der Waals surface area contributed by atoms with Crippen LogP contribution in [0.5, 0.6) is 0 Å². The molecule has 2 aliphatic rings. The van der Waals surface area contributed by atoms with Crippen LogP contribution in [0.1, 0.15) is 32.1 Å². The first kappa shape index (κ1) is 14.5. The Morgan fingerprint density at radius 1 is 1.13 bits per heavy atom. The summed E-state index contributed by atoms with van der Waals surface area (Å²) >= 11 is 0. The molecule has 1 saturated carbocycles. The molecule has 2 fully saturated rings. The molecule has 0 spiro atoms. The highest BCUT2D eigenvalue weighted by Gasteiger charge is 2.29. The van der Waals surface area contributed by atoms with E-state index in [-0.39, 0.29) is 5.92 Å². The Balaban J connectivity index is 1.45. The second kappa shape index (κ2) is 6.18. The predicted octanol–water partition coefficient (Wildman–Crippen LogP) is 2.45. The molecule has 2 aromatic heterocycles. The molecule has 0 radical (unpaired) electrons. The Hall–Kier alpha value is -2.11. The van der Waals surface area contributed by atoms with Gasteiger partial charge in [-0.3, -0.25) is 4.79 Å². The van der Waals surface area contributed by atoms with Gasteiger partial charge in [0.05, 0.1) is 0 Å². The van der Waals surface area contributed by atoms with Crippen LogP contribution in [0.3, 0.4) is 0 Å². The lowest BCUT2D eigenvalue weighted by molar-refractivity contribution is -0.135. The van der Waals surface area contributed by atoms with Gasteiger partial charge in [-0.1, -0.05) is 12.8 Å². The first-order chi connectivity index (χ1) is 11.3. The number of oxazole rings is 1. The predicted molar refractivity (Wildman–Crippen MR) is 87.2 cm³/mol. The zero-order valence-corrected chi connectivity index (χ0v) is 13.3. The standard InChI is InChI=1S/C17H22N4O2/c22-16(13-5-1-2-6-13)20-9-4-10-21(12-11-20)17-19-15-14(23-17)7-3-8-18-15/h3,7-8,13H,1-2,4-6,9-12H2. The SMILES string of the molecule is O=C(C1CCCC1)N1CCCN(c2nc3ncccc3o2)CC1. The molecule has 2 aromatic rings. The fourth-order valence-electron chi connectivity index (χ4n) is 3.65. The first-order valence-corrected chi connectivity index (χ1v) is 8.56. The van der Waals surface area contributed by atoms with Crippen LogP contribution < -0.4 is 4.90 Å². The molecule has 1 amide bonds. The summed E-state index contributed by atoms with van der Waals surface area (Å²) in [6, 6.07) is 4.35. The molecule has 0 bridgehead atoms. The Kier molecular flexibility index (Phi) is 3.89. The van der Waals surface area contributed by atoms with Crippen molar-refractivity contribution < 1.29 is 9.21 Å². The second-order valence-electron chi connectivity index (χ2n) is 6.47. The molecule has 0 N–H and O–H groups in total. The summed E-state index contributed by atoms with van der Waals surface area (Å²) in [5.41, 5.74) is 1.36. The van der Waals surface area contributed by atoms with Crippen molar-refractivity contribution in [2.45, 2.75) is 32.1 Å². The molecule has 0 unspecified atom stereocenters. The van der Waals surface area contributed by atoms with Crippen molar-refractivity contribution in [1.82, 2.24) is 14.9 Å². The Morgan fingerprint density at radius 2 is 2.00 bits per heavy atom. The van der Waals surface area contributed by atoms with Crippen molar-refractivity contribution in [3.8, 4) is 0 Å². The number of fused-ring (bicyclic) bond motifs is 1. The number of hydrogen-bond donors (Lipinski definition) is 0. The van der Waals surface area contributed by atoms with Crippen LogP contribution in [0.4, 0.5) is 6.01 Å². The van der Waals surface area contributed by atoms with Crippen LogP contribution >= 0.6 is 0 Å². The lowest BCUT2D eigenvalue weighted by Crippen LogP contribution is -2.38. The van der Waals surface area contributed by atoms with Crippen LogP contribution in [0.25, 0.3) is 11.2 Å². The topological polar surface area (TPSA) is 62.5 Å². The van der Waals surface area contributed by atoms with E-state index in [0.717, 1.165) is 45.4 Å². The summed E-state index contributed by atoms with van der Waals surface area (Å²) in [7, 11) is 0. The zero-order valence-electron chi connectivity index (χ0n) is 13.3. The van der Waals surface area contributed by atoms with Gasteiger partial charge in [-0.2, -0.15) is 4.98 Å². The number of anilines is 1. The summed E-state index contributed by atoms with van der Waals surface area (Å²) in [6.07, 6.45) is 7.20. The van der Waals surface area contributed by atoms with Crippen LogP contribution in [0.15, 0.2) is 22.7 Å². The Labute approximate surface area is 135 Å². The number of nitrogens with zero attached hydrogens (tertiary/aromatic N) is 4. The smallest absolute Gasteiger partial charge is 0.300 e. The third-order valence-electron chi connectivity index (χ3n) is 4.94. The molecule has 23 heavy (non-hydrogen) atoms. The van der Waals surface area contributed by atoms with Gasteiger partial charge >= 0.3 is 0 Å². The van der Waals surface area contributed by atoms with Crippen LogP contribution in [-0.2, 0) is 4.79 Å². The highest BCUT2D eigenvalue weighted by atomic mass is 16.4. The summed E-state index contributed by atoms with van der Waals surface area (Å²) in [5.74, 6) is 0.610. The lowest BCUT2D eigenvalue weighted by Gasteiger charge is -2.24. The Morgan fingerprint density at radius 3 is 2.83 bits per heavy atom. The minimum Gasteiger partial charge on any atom is -0.422 e. The molecule has 1 saturated heterocycles. The van der Waals surface area contributed by atoms with E-state index in [1.54, 1.807) is 6.20 Å². The second-order valence-corrected chi connectivity index (χ2v) is 6.47. The molecule has 0 aromatic carbocycles. The van der Waals surface area contributed by atoms with E-state index < -0.39 is 0 Å². The van der Waals surface area contributed by atoms with Gasteiger partial charge in [0, 0.05) is 38.3 Å². The number of aromatic nitrogens is 2. The van der Waals surface area contributed by atoms with E-state index in [2.05, 4.69) is 14.9 Å². The third-order valence-corrected chi connectivity index (χ3v) is 4.94. The first-order valence-electron chi connectivity index (χ1n) is 8.56. The maximum absolute atomic E-state index is 12.6. The van der Waals surface area contributed by atoms with E-state index in [0.29, 0.717) is 23.2 Å². The van der Waals surface area contributed by atoms with E-state index in [1.807, 2.05) is 17.0 Å². The lowest BCUT2D eigenvalue weighted by atomic mass is 10.1. The van der Waals surface area contributed by atoms with Crippen molar-refractivity contribution in [2.24, 2.45) is 5.92 Å². The number of carbonyl (C=O) groups is 1. The van der Waals surface area contributed by atoms with E-state index in [9.17, 15) is 4.79 Å². The number of rotatable bonds is 2. The van der Waals surface area contributed by atoms with Crippen molar-refractivity contribution >= 4 is 23.2 Å².